The van der Waals surface area contributed by atoms with Crippen LogP contribution >= 0.6 is 11.6 Å². The van der Waals surface area contributed by atoms with Crippen LogP contribution < -0.4 is 5.32 Å². The number of alkyl halides is 1. The second-order valence-electron chi connectivity index (χ2n) is 6.47. The maximum Gasteiger partial charge on any atom is 0.508 e. The van der Waals surface area contributed by atoms with Crippen LogP contribution in [-0.4, -0.2) is 65.0 Å². The number of carbonyl (C=O) groups excluding carboxylic acids is 2. The third-order valence-electron chi connectivity index (χ3n) is 4.49. The lowest BCUT2D eigenvalue weighted by Gasteiger charge is -2.40. The second kappa shape index (κ2) is 8.49. The molecule has 0 bridgehead atoms. The molecule has 0 radical (unpaired) electrons. The number of hydrogen-bond donors (Lipinski definition) is 1. The molecule has 0 spiro atoms. The number of tetrazole rings is 1. The Morgan fingerprint density at radius 1 is 1.45 bits per heavy atom. The van der Waals surface area contributed by atoms with Crippen LogP contribution in [0.25, 0.3) is 0 Å². The van der Waals surface area contributed by atoms with Crippen molar-refractivity contribution in [2.75, 3.05) is 18.2 Å². The van der Waals surface area contributed by atoms with Crippen LogP contribution in [0.1, 0.15) is 20.8 Å². The third-order valence-corrected chi connectivity index (χ3v) is 6.56. The van der Waals surface area contributed by atoms with Crippen molar-refractivity contribution in [3.05, 3.63) is 22.6 Å². The molecule has 1 aromatic rings. The Labute approximate surface area is 173 Å². The maximum absolute atomic E-state index is 13.3. The van der Waals surface area contributed by atoms with E-state index in [0.29, 0.717) is 5.57 Å². The fourth-order valence-corrected chi connectivity index (χ4v) is 5.21. The van der Waals surface area contributed by atoms with E-state index in [2.05, 4.69) is 20.8 Å². The summed E-state index contributed by atoms with van der Waals surface area (Å²) in [5, 5.41) is 11.9. The summed E-state index contributed by atoms with van der Waals surface area (Å²) in [6, 6.07) is 0. The third kappa shape index (κ3) is 4.42. The predicted octanol–water partition coefficient (Wildman–Crippen LogP) is 1.19. The fourth-order valence-electron chi connectivity index (χ4n) is 2.98. The van der Waals surface area contributed by atoms with Gasteiger partial charge in [0.05, 0.1) is 16.9 Å². The summed E-state index contributed by atoms with van der Waals surface area (Å²) < 4.78 is 35.9. The van der Waals surface area contributed by atoms with Crippen molar-refractivity contribution in [1.29, 1.82) is 0 Å². The highest BCUT2D eigenvalue weighted by Crippen LogP contribution is 2.45. The number of anilines is 1. The summed E-state index contributed by atoms with van der Waals surface area (Å²) in [6.07, 6.45) is 1.65. The smallest absolute Gasteiger partial charge is 0.435 e. The van der Waals surface area contributed by atoms with Crippen molar-refractivity contribution >= 4 is 39.4 Å². The molecule has 1 amide bonds. The number of carbonyl (C=O) groups is 2. The standard InChI is InChI=1S/C16H22ClN5O6S/c1-6-27-15(24)28-10(3)16(13(23)18-14-19-20-21-22(14)4)8-7-9(2)11(12(16)17)29(5,25)26/h7-8,10,12H,6H2,1-5H3,(H,18,19,21,23). The molecule has 2 rings (SSSR count). The monoisotopic (exact) mass is 447 g/mol. The molecule has 160 valence electrons. The molecule has 29 heavy (non-hydrogen) atoms. The molecule has 13 heteroatoms. The largest absolute Gasteiger partial charge is 0.508 e. The SMILES string of the molecule is CCOC(=O)OC(C)C1(C(=O)Nc2nnnn2C)C=CC(C)=C(S(C)(=O)=O)C1Cl. The van der Waals surface area contributed by atoms with Gasteiger partial charge in [-0.2, -0.15) is 0 Å². The topological polar surface area (TPSA) is 142 Å². The number of halogens is 1. The predicted molar refractivity (Wildman–Crippen MR) is 104 cm³/mol. The Morgan fingerprint density at radius 3 is 2.62 bits per heavy atom. The second-order valence-corrected chi connectivity index (χ2v) is 8.89. The van der Waals surface area contributed by atoms with E-state index in [1.54, 1.807) is 13.8 Å². The Balaban J connectivity index is 2.54. The fraction of sp³-hybridized carbons (Fsp3) is 0.562. The van der Waals surface area contributed by atoms with E-state index >= 15 is 0 Å². The summed E-state index contributed by atoms with van der Waals surface area (Å²) in [5.41, 5.74) is -1.40. The first-order chi connectivity index (χ1) is 13.4. The number of ether oxygens (including phenoxy) is 2. The van der Waals surface area contributed by atoms with Gasteiger partial charge >= 0.3 is 6.16 Å². The number of hydrogen-bond acceptors (Lipinski definition) is 9. The van der Waals surface area contributed by atoms with Crippen molar-refractivity contribution in [3.8, 4) is 0 Å². The number of sulfone groups is 1. The molecule has 1 aromatic heterocycles. The van der Waals surface area contributed by atoms with Crippen molar-refractivity contribution in [2.45, 2.75) is 32.3 Å². The Bertz CT molecular complexity index is 972. The summed E-state index contributed by atoms with van der Waals surface area (Å²) in [4.78, 5) is 25.0. The molecule has 3 atom stereocenters. The van der Waals surface area contributed by atoms with Gasteiger partial charge in [-0.3, -0.25) is 10.1 Å². The number of aryl methyl sites for hydroxylation is 1. The van der Waals surface area contributed by atoms with Gasteiger partial charge in [0.15, 0.2) is 9.84 Å². The van der Waals surface area contributed by atoms with Crippen LogP contribution in [0.5, 0.6) is 0 Å². The van der Waals surface area contributed by atoms with Gasteiger partial charge in [0.1, 0.15) is 11.5 Å². The average Bonchev–Trinajstić information content (AvgIpc) is 2.98. The lowest BCUT2D eigenvalue weighted by Crippen LogP contribution is -2.53. The summed E-state index contributed by atoms with van der Waals surface area (Å²) >= 11 is 6.58. The number of rotatable bonds is 6. The Hall–Kier alpha value is -2.47. The van der Waals surface area contributed by atoms with E-state index in [1.165, 1.54) is 30.8 Å². The van der Waals surface area contributed by atoms with Crippen molar-refractivity contribution in [1.82, 2.24) is 20.2 Å². The number of nitrogens with zero attached hydrogens (tertiary/aromatic N) is 4. The lowest BCUT2D eigenvalue weighted by atomic mass is 9.74. The molecule has 0 aliphatic heterocycles. The minimum Gasteiger partial charge on any atom is -0.435 e. The van der Waals surface area contributed by atoms with Gasteiger partial charge < -0.3 is 9.47 Å². The zero-order valence-corrected chi connectivity index (χ0v) is 18.1. The van der Waals surface area contributed by atoms with Crippen molar-refractivity contribution in [2.24, 2.45) is 12.5 Å². The number of aromatic nitrogens is 4. The Morgan fingerprint density at radius 2 is 2.10 bits per heavy atom. The van der Waals surface area contributed by atoms with Crippen LogP contribution in [0.3, 0.4) is 0 Å². The summed E-state index contributed by atoms with van der Waals surface area (Å²) in [7, 11) is -2.27. The van der Waals surface area contributed by atoms with Gasteiger partial charge in [-0.25, -0.2) is 17.9 Å². The Kier molecular flexibility index (Phi) is 6.68. The first-order valence-corrected chi connectivity index (χ1v) is 10.9. The zero-order valence-electron chi connectivity index (χ0n) is 16.5. The molecule has 1 aliphatic rings. The summed E-state index contributed by atoms with van der Waals surface area (Å²) in [6.45, 7) is 4.64. The number of amides is 1. The first-order valence-electron chi connectivity index (χ1n) is 8.56. The van der Waals surface area contributed by atoms with E-state index < -0.39 is 38.8 Å². The molecule has 1 heterocycles. The van der Waals surface area contributed by atoms with Crippen LogP contribution in [0.15, 0.2) is 22.6 Å². The number of nitrogens with one attached hydrogen (secondary N) is 1. The summed E-state index contributed by atoms with van der Waals surface area (Å²) in [5.74, 6) is -0.751. The average molecular weight is 448 g/mol. The quantitative estimate of drug-likeness (QED) is 0.502. The molecule has 0 saturated heterocycles. The van der Waals surface area contributed by atoms with Gasteiger partial charge in [-0.15, -0.1) is 11.6 Å². The normalized spacial score (nSPS) is 22.9. The molecular formula is C16H22ClN5O6S. The minimum absolute atomic E-state index is 0.00200. The van der Waals surface area contributed by atoms with Crippen LogP contribution in [-0.2, 0) is 31.2 Å². The molecule has 11 nitrogen and oxygen atoms in total. The number of allylic oxidation sites excluding steroid dienone is 3. The van der Waals surface area contributed by atoms with E-state index in [4.69, 9.17) is 21.1 Å². The highest BCUT2D eigenvalue weighted by atomic mass is 35.5. The first kappa shape index (κ1) is 22.8. The van der Waals surface area contributed by atoms with Crippen LogP contribution in [0.4, 0.5) is 10.7 Å². The van der Waals surface area contributed by atoms with Crippen LogP contribution in [0, 0.1) is 5.41 Å². The lowest BCUT2D eigenvalue weighted by molar-refractivity contribution is -0.128. The molecule has 1 aliphatic carbocycles. The molecule has 3 unspecified atom stereocenters. The highest BCUT2D eigenvalue weighted by Gasteiger charge is 2.54. The van der Waals surface area contributed by atoms with Gasteiger partial charge in [0.25, 0.3) is 0 Å². The molecule has 0 saturated carbocycles. The van der Waals surface area contributed by atoms with Gasteiger partial charge in [0, 0.05) is 13.3 Å². The minimum atomic E-state index is -3.77. The molecule has 0 aromatic carbocycles. The van der Waals surface area contributed by atoms with E-state index in [0.717, 1.165) is 6.26 Å². The van der Waals surface area contributed by atoms with Crippen molar-refractivity contribution < 1.29 is 27.5 Å². The highest BCUT2D eigenvalue weighted by molar-refractivity contribution is 7.94. The molecular weight excluding hydrogens is 426 g/mol. The van der Waals surface area contributed by atoms with Gasteiger partial charge in [-0.1, -0.05) is 17.3 Å². The molecule has 0 fully saturated rings. The van der Waals surface area contributed by atoms with Crippen LogP contribution in [0.2, 0.25) is 0 Å². The zero-order chi connectivity index (χ0) is 22.0. The van der Waals surface area contributed by atoms with Crippen molar-refractivity contribution in [3.63, 3.8) is 0 Å². The van der Waals surface area contributed by atoms with Gasteiger partial charge in [0.2, 0.25) is 11.9 Å². The van der Waals surface area contributed by atoms with E-state index in [1.807, 2.05) is 0 Å². The van der Waals surface area contributed by atoms with Gasteiger partial charge in [-0.05, 0) is 36.8 Å². The maximum atomic E-state index is 13.3. The van der Waals surface area contributed by atoms with E-state index in [-0.39, 0.29) is 17.5 Å². The molecule has 1 N–H and O–H groups in total. The van der Waals surface area contributed by atoms with E-state index in [9.17, 15) is 18.0 Å².